The molecule has 190 valence electrons. The first-order valence-corrected chi connectivity index (χ1v) is 12.5. The number of rotatable bonds is 5. The van der Waals surface area contributed by atoms with E-state index in [1.165, 1.54) is 4.90 Å². The minimum Gasteiger partial charge on any atom is -0.454 e. The summed E-state index contributed by atoms with van der Waals surface area (Å²) >= 11 is 0. The van der Waals surface area contributed by atoms with Gasteiger partial charge in [-0.1, -0.05) is 51.1 Å². The van der Waals surface area contributed by atoms with Crippen molar-refractivity contribution < 1.29 is 28.5 Å². The molecule has 0 saturated carbocycles. The Balaban J connectivity index is 1.38. The molecule has 0 bridgehead atoms. The summed E-state index contributed by atoms with van der Waals surface area (Å²) in [7, 11) is 0. The van der Waals surface area contributed by atoms with Crippen molar-refractivity contribution in [3.8, 4) is 23.0 Å². The van der Waals surface area contributed by atoms with Gasteiger partial charge in [0.05, 0.1) is 17.5 Å². The molecule has 3 aromatic rings. The van der Waals surface area contributed by atoms with Crippen LogP contribution in [-0.2, 0) is 27.8 Å². The molecule has 7 heteroatoms. The van der Waals surface area contributed by atoms with Gasteiger partial charge in [-0.15, -0.1) is 0 Å². The van der Waals surface area contributed by atoms with E-state index in [1.54, 1.807) is 0 Å². The van der Waals surface area contributed by atoms with E-state index in [4.69, 9.17) is 18.9 Å². The molecule has 2 atom stereocenters. The zero-order valence-electron chi connectivity index (χ0n) is 21.2. The summed E-state index contributed by atoms with van der Waals surface area (Å²) in [5.74, 6) is 1.31. The van der Waals surface area contributed by atoms with Gasteiger partial charge in [-0.25, -0.2) is 4.90 Å². The first kappa shape index (κ1) is 23.4. The van der Waals surface area contributed by atoms with E-state index < -0.39 is 11.8 Å². The van der Waals surface area contributed by atoms with E-state index in [0.29, 0.717) is 41.5 Å². The molecule has 3 heterocycles. The van der Waals surface area contributed by atoms with E-state index in [2.05, 4.69) is 20.8 Å². The van der Waals surface area contributed by atoms with Crippen molar-refractivity contribution >= 4 is 17.5 Å². The molecule has 37 heavy (non-hydrogen) atoms. The van der Waals surface area contributed by atoms with Crippen LogP contribution >= 0.6 is 0 Å². The Hall–Kier alpha value is -4.00. The number of nitrogens with zero attached hydrogens (tertiary/aromatic N) is 1. The summed E-state index contributed by atoms with van der Waals surface area (Å²) in [6.07, 6.45) is 0.842. The number of hydrogen-bond acceptors (Lipinski definition) is 6. The predicted molar refractivity (Wildman–Crippen MR) is 137 cm³/mol. The number of ether oxygens (including phenoxy) is 4. The topological polar surface area (TPSA) is 74.3 Å². The Kier molecular flexibility index (Phi) is 5.59. The third-order valence-corrected chi connectivity index (χ3v) is 7.30. The summed E-state index contributed by atoms with van der Waals surface area (Å²) < 4.78 is 22.0. The highest BCUT2D eigenvalue weighted by Crippen LogP contribution is 2.42. The van der Waals surface area contributed by atoms with Gasteiger partial charge in [-0.3, -0.25) is 9.59 Å². The van der Waals surface area contributed by atoms with Crippen molar-refractivity contribution in [3.63, 3.8) is 0 Å². The molecular formula is C30H29NO6. The van der Waals surface area contributed by atoms with Crippen molar-refractivity contribution in [2.75, 3.05) is 18.5 Å². The third-order valence-electron chi connectivity index (χ3n) is 7.30. The molecule has 0 spiro atoms. The lowest BCUT2D eigenvalue weighted by atomic mass is 9.84. The zero-order chi connectivity index (χ0) is 25.7. The van der Waals surface area contributed by atoms with Crippen LogP contribution in [0.15, 0.2) is 60.7 Å². The van der Waals surface area contributed by atoms with Gasteiger partial charge in [0.1, 0.15) is 0 Å². The summed E-state index contributed by atoms with van der Waals surface area (Å²) in [5, 5.41) is 0. The average molecular weight is 500 g/mol. The maximum Gasteiger partial charge on any atom is 0.238 e. The van der Waals surface area contributed by atoms with Crippen LogP contribution in [0.2, 0.25) is 0 Å². The first-order valence-electron chi connectivity index (χ1n) is 12.5. The molecule has 6 rings (SSSR count). The molecule has 1 saturated heterocycles. The molecule has 0 N–H and O–H groups in total. The smallest absolute Gasteiger partial charge is 0.238 e. The first-order chi connectivity index (χ1) is 17.8. The Bertz CT molecular complexity index is 1310. The average Bonchev–Trinajstić information content (AvgIpc) is 3.58. The molecule has 0 unspecified atom stereocenters. The summed E-state index contributed by atoms with van der Waals surface area (Å²) in [5.41, 5.74) is 3.24. The van der Waals surface area contributed by atoms with Crippen molar-refractivity contribution in [3.05, 3.63) is 77.4 Å². The Morgan fingerprint density at radius 2 is 1.19 bits per heavy atom. The normalized spacial score (nSPS) is 20.1. The predicted octanol–water partition coefficient (Wildman–Crippen LogP) is 5.03. The van der Waals surface area contributed by atoms with Crippen LogP contribution in [0.3, 0.4) is 0 Å². The van der Waals surface area contributed by atoms with Crippen molar-refractivity contribution in [1.82, 2.24) is 0 Å². The monoisotopic (exact) mass is 499 g/mol. The van der Waals surface area contributed by atoms with Gasteiger partial charge in [0.2, 0.25) is 25.4 Å². The van der Waals surface area contributed by atoms with Crippen LogP contribution < -0.4 is 23.8 Å². The minimum atomic E-state index is -0.522. The summed E-state index contributed by atoms with van der Waals surface area (Å²) in [4.78, 5) is 29.5. The molecule has 2 amide bonds. The highest BCUT2D eigenvalue weighted by Gasteiger charge is 2.49. The van der Waals surface area contributed by atoms with Crippen LogP contribution in [0, 0.1) is 11.8 Å². The molecule has 3 aliphatic heterocycles. The number of para-hydroxylation sites is 1. The van der Waals surface area contributed by atoms with Crippen LogP contribution in [0.4, 0.5) is 5.69 Å². The lowest BCUT2D eigenvalue weighted by Gasteiger charge is -2.26. The SMILES string of the molecule is CC(C)(C)c1ccccc1N1C(=O)[C@@H](Cc2ccc3c(c2)OCO3)[C@H](Cc2ccc3c(c2)OCO3)C1=O. The zero-order valence-corrected chi connectivity index (χ0v) is 21.2. The van der Waals surface area contributed by atoms with Gasteiger partial charge in [-0.05, 0) is 65.3 Å². The van der Waals surface area contributed by atoms with Crippen molar-refractivity contribution in [2.24, 2.45) is 11.8 Å². The van der Waals surface area contributed by atoms with E-state index >= 15 is 0 Å². The molecule has 7 nitrogen and oxygen atoms in total. The van der Waals surface area contributed by atoms with Crippen LogP contribution in [0.1, 0.15) is 37.5 Å². The number of hydrogen-bond donors (Lipinski definition) is 0. The molecule has 3 aliphatic rings. The molecule has 0 aliphatic carbocycles. The highest BCUT2D eigenvalue weighted by molar-refractivity contribution is 6.22. The number of amides is 2. The number of carbonyl (C=O) groups is 2. The second-order valence-electron chi connectivity index (χ2n) is 10.8. The number of benzene rings is 3. The fraction of sp³-hybridized carbons (Fsp3) is 0.333. The largest absolute Gasteiger partial charge is 0.454 e. The fourth-order valence-electron chi connectivity index (χ4n) is 5.43. The van der Waals surface area contributed by atoms with E-state index in [0.717, 1.165) is 16.7 Å². The molecule has 0 aromatic heterocycles. The van der Waals surface area contributed by atoms with E-state index in [1.807, 2.05) is 60.7 Å². The van der Waals surface area contributed by atoms with Crippen molar-refractivity contribution in [1.29, 1.82) is 0 Å². The summed E-state index contributed by atoms with van der Waals surface area (Å²) in [6.45, 7) is 6.63. The fourth-order valence-corrected chi connectivity index (χ4v) is 5.43. The molecule has 0 radical (unpaired) electrons. The molecule has 1 fully saturated rings. The number of anilines is 1. The van der Waals surface area contributed by atoms with Crippen LogP contribution in [-0.4, -0.2) is 25.4 Å². The van der Waals surface area contributed by atoms with Crippen LogP contribution in [0.25, 0.3) is 0 Å². The quantitative estimate of drug-likeness (QED) is 0.459. The minimum absolute atomic E-state index is 0.176. The van der Waals surface area contributed by atoms with Gasteiger partial charge < -0.3 is 18.9 Å². The van der Waals surface area contributed by atoms with Gasteiger partial charge >= 0.3 is 0 Å². The maximum atomic E-state index is 14.0. The van der Waals surface area contributed by atoms with Crippen LogP contribution in [0.5, 0.6) is 23.0 Å². The Morgan fingerprint density at radius 3 is 1.70 bits per heavy atom. The third kappa shape index (κ3) is 4.18. The molecular weight excluding hydrogens is 470 g/mol. The standard InChI is InChI=1S/C30H29NO6/c1-30(2,3)22-6-4-5-7-23(22)31-28(32)20(12-18-8-10-24-26(14-18)36-16-34-24)21(29(31)33)13-19-9-11-25-27(15-19)37-17-35-25/h4-11,14-15,20-21H,12-13,16-17H2,1-3H3/t20-,21-/m0/s1. The van der Waals surface area contributed by atoms with Gasteiger partial charge in [0, 0.05) is 0 Å². The van der Waals surface area contributed by atoms with Gasteiger partial charge in [0.15, 0.2) is 23.0 Å². The number of imide groups is 1. The summed E-state index contributed by atoms with van der Waals surface area (Å²) in [6, 6.07) is 19.1. The number of carbonyl (C=O) groups excluding carboxylic acids is 2. The lowest BCUT2D eigenvalue weighted by Crippen LogP contribution is -2.33. The molecule has 3 aromatic carbocycles. The van der Waals surface area contributed by atoms with Gasteiger partial charge in [0.25, 0.3) is 0 Å². The second kappa shape index (κ2) is 8.83. The van der Waals surface area contributed by atoms with E-state index in [-0.39, 0.29) is 30.8 Å². The Labute approximate surface area is 215 Å². The van der Waals surface area contributed by atoms with Crippen molar-refractivity contribution in [2.45, 2.75) is 39.0 Å². The van der Waals surface area contributed by atoms with Gasteiger partial charge in [-0.2, -0.15) is 0 Å². The highest BCUT2D eigenvalue weighted by atomic mass is 16.7. The number of fused-ring (bicyclic) bond motifs is 2. The second-order valence-corrected chi connectivity index (χ2v) is 10.8. The Morgan fingerprint density at radius 1 is 0.703 bits per heavy atom. The lowest BCUT2D eigenvalue weighted by molar-refractivity contribution is -0.122. The maximum absolute atomic E-state index is 14.0. The van der Waals surface area contributed by atoms with E-state index in [9.17, 15) is 9.59 Å².